The predicted molar refractivity (Wildman–Crippen MR) is 81.1 cm³/mol. The zero-order valence-corrected chi connectivity index (χ0v) is 13.7. The summed E-state index contributed by atoms with van der Waals surface area (Å²) in [7, 11) is -3.37. The van der Waals surface area contributed by atoms with Crippen molar-refractivity contribution in [1.29, 1.82) is 0 Å². The van der Waals surface area contributed by atoms with Gasteiger partial charge in [0.05, 0.1) is 21.7 Å². The molecule has 0 radical (unpaired) electrons. The molecule has 0 atom stereocenters. The lowest BCUT2D eigenvalue weighted by atomic mass is 9.97. The van der Waals surface area contributed by atoms with E-state index in [2.05, 4.69) is 5.16 Å². The number of hydrogen-bond acceptors (Lipinski definition) is 5. The largest absolute Gasteiger partial charge is 0.360 e. The fraction of sp³-hybridized carbons (Fsp3) is 0.333. The van der Waals surface area contributed by atoms with Crippen LogP contribution in [0.5, 0.6) is 0 Å². The predicted octanol–water partition coefficient (Wildman–Crippen LogP) is 3.01. The minimum atomic E-state index is -3.37. The smallest absolute Gasteiger partial charge is 0.199 e. The number of benzene rings is 1. The Hall–Kier alpha value is -1.66. The Morgan fingerprint density at radius 3 is 2.55 bits per heavy atom. The van der Waals surface area contributed by atoms with Crippen molar-refractivity contribution in [1.82, 2.24) is 5.16 Å². The number of carbonyl (C=O) groups is 1. The second kappa shape index (κ2) is 4.93. The first-order chi connectivity index (χ1) is 10.2. The minimum Gasteiger partial charge on any atom is -0.360 e. The van der Waals surface area contributed by atoms with Gasteiger partial charge in [0.1, 0.15) is 0 Å². The van der Waals surface area contributed by atoms with Gasteiger partial charge in [-0.25, -0.2) is 8.42 Å². The van der Waals surface area contributed by atoms with E-state index in [4.69, 9.17) is 16.1 Å². The summed E-state index contributed by atoms with van der Waals surface area (Å²) >= 11 is 6.09. The maximum absolute atomic E-state index is 12.7. The molecule has 1 aromatic heterocycles. The van der Waals surface area contributed by atoms with Crippen LogP contribution in [0.1, 0.15) is 41.4 Å². The topological polar surface area (TPSA) is 77.2 Å². The van der Waals surface area contributed by atoms with E-state index >= 15 is 0 Å². The van der Waals surface area contributed by atoms with Crippen molar-refractivity contribution < 1.29 is 17.7 Å². The number of ketones is 1. The second-order valence-corrected chi connectivity index (χ2v) is 8.30. The molecule has 2 aromatic rings. The molecule has 1 aliphatic carbocycles. The second-order valence-electron chi connectivity index (χ2n) is 5.87. The number of aromatic nitrogens is 1. The van der Waals surface area contributed by atoms with Crippen molar-refractivity contribution in [3.8, 4) is 0 Å². The molecule has 0 saturated heterocycles. The number of sulfone groups is 1. The van der Waals surface area contributed by atoms with Crippen LogP contribution in [0, 0.1) is 0 Å². The van der Waals surface area contributed by atoms with E-state index < -0.39 is 9.84 Å². The summed E-state index contributed by atoms with van der Waals surface area (Å²) < 4.78 is 28.3. The summed E-state index contributed by atoms with van der Waals surface area (Å²) in [6, 6.07) is 4.09. The van der Waals surface area contributed by atoms with Gasteiger partial charge in [-0.2, -0.15) is 0 Å². The van der Waals surface area contributed by atoms with Crippen LogP contribution in [0.4, 0.5) is 0 Å². The zero-order chi connectivity index (χ0) is 16.1. The fourth-order valence-electron chi connectivity index (χ4n) is 2.31. The maximum Gasteiger partial charge on any atom is 0.199 e. The number of carbonyl (C=O) groups excluding carboxylic acids is 1. The first-order valence-electron chi connectivity index (χ1n) is 6.72. The summed E-state index contributed by atoms with van der Waals surface area (Å²) in [6.07, 6.45) is 4.38. The molecule has 22 heavy (non-hydrogen) atoms. The highest BCUT2D eigenvalue weighted by molar-refractivity contribution is 7.90. The molecule has 0 spiro atoms. The van der Waals surface area contributed by atoms with Crippen LogP contribution >= 0.6 is 11.6 Å². The van der Waals surface area contributed by atoms with Gasteiger partial charge in [-0.1, -0.05) is 23.7 Å². The van der Waals surface area contributed by atoms with Gasteiger partial charge in [-0.3, -0.25) is 4.79 Å². The van der Waals surface area contributed by atoms with Crippen molar-refractivity contribution in [3.05, 3.63) is 46.3 Å². The lowest BCUT2D eigenvalue weighted by Crippen LogP contribution is -2.09. The highest BCUT2D eigenvalue weighted by atomic mass is 35.5. The van der Waals surface area contributed by atoms with Gasteiger partial charge in [0.25, 0.3) is 0 Å². The lowest BCUT2D eigenvalue weighted by Gasteiger charge is -2.08. The van der Waals surface area contributed by atoms with Gasteiger partial charge < -0.3 is 4.52 Å². The maximum atomic E-state index is 12.7. The molecule has 5 nitrogen and oxygen atoms in total. The molecule has 0 unspecified atom stereocenters. The summed E-state index contributed by atoms with van der Waals surface area (Å²) in [5, 5.41) is 3.83. The van der Waals surface area contributed by atoms with E-state index in [0.717, 1.165) is 19.1 Å². The van der Waals surface area contributed by atoms with Gasteiger partial charge in [0.2, 0.25) is 0 Å². The Morgan fingerprint density at radius 2 is 2.00 bits per heavy atom. The summed E-state index contributed by atoms with van der Waals surface area (Å²) in [6.45, 7) is 2.01. The quantitative estimate of drug-likeness (QED) is 0.800. The third-order valence-corrected chi connectivity index (χ3v) is 5.40. The van der Waals surface area contributed by atoms with Crippen molar-refractivity contribution in [2.75, 3.05) is 6.26 Å². The van der Waals surface area contributed by atoms with Crippen LogP contribution in [-0.4, -0.2) is 25.6 Å². The number of rotatable bonds is 4. The highest BCUT2D eigenvalue weighted by Crippen LogP contribution is 2.49. The van der Waals surface area contributed by atoms with Gasteiger partial charge in [0.15, 0.2) is 21.4 Å². The molecular weight excluding hydrogens is 326 g/mol. The first kappa shape index (κ1) is 15.2. The number of halogens is 1. The Morgan fingerprint density at radius 1 is 1.32 bits per heavy atom. The van der Waals surface area contributed by atoms with Gasteiger partial charge in [-0.15, -0.1) is 0 Å². The molecule has 1 fully saturated rings. The van der Waals surface area contributed by atoms with Crippen LogP contribution in [0.25, 0.3) is 0 Å². The van der Waals surface area contributed by atoms with E-state index in [1.54, 1.807) is 0 Å². The average molecular weight is 340 g/mol. The molecule has 3 rings (SSSR count). The zero-order valence-electron chi connectivity index (χ0n) is 12.1. The van der Waals surface area contributed by atoms with E-state index in [1.807, 2.05) is 6.92 Å². The molecule has 0 amide bonds. The molecule has 0 N–H and O–H groups in total. The van der Waals surface area contributed by atoms with E-state index in [0.29, 0.717) is 11.3 Å². The molecule has 7 heteroatoms. The third kappa shape index (κ3) is 2.57. The first-order valence-corrected chi connectivity index (χ1v) is 8.99. The van der Waals surface area contributed by atoms with Crippen LogP contribution in [0.15, 0.2) is 33.8 Å². The number of hydrogen-bond donors (Lipinski definition) is 0. The molecule has 1 aromatic carbocycles. The molecule has 1 heterocycles. The van der Waals surface area contributed by atoms with E-state index in [-0.39, 0.29) is 26.7 Å². The molecule has 1 saturated carbocycles. The Bertz CT molecular complexity index is 865. The van der Waals surface area contributed by atoms with Gasteiger partial charge in [0, 0.05) is 17.2 Å². The molecule has 0 aliphatic heterocycles. The monoisotopic (exact) mass is 339 g/mol. The van der Waals surface area contributed by atoms with Crippen molar-refractivity contribution in [3.63, 3.8) is 0 Å². The standard InChI is InChI=1S/C15H14ClNO4S/c1-15(5-6-15)14-11(8-17-21-14)13(18)10-4-3-9(7-12(10)16)22(2,19)20/h3-4,7-8H,5-6H2,1-2H3. The third-order valence-electron chi connectivity index (χ3n) is 3.98. The normalized spacial score (nSPS) is 16.5. The Kier molecular flexibility index (Phi) is 3.41. The summed E-state index contributed by atoms with van der Waals surface area (Å²) in [5.74, 6) is 0.259. The van der Waals surface area contributed by atoms with Crippen molar-refractivity contribution >= 4 is 27.2 Å². The lowest BCUT2D eigenvalue weighted by molar-refractivity contribution is 0.103. The highest BCUT2D eigenvalue weighted by Gasteiger charge is 2.45. The fourth-order valence-corrected chi connectivity index (χ4v) is 3.29. The Balaban J connectivity index is 2.02. The summed E-state index contributed by atoms with van der Waals surface area (Å²) in [5.41, 5.74) is 0.484. The van der Waals surface area contributed by atoms with Crippen LogP contribution < -0.4 is 0 Å². The van der Waals surface area contributed by atoms with Crippen LogP contribution in [-0.2, 0) is 15.3 Å². The van der Waals surface area contributed by atoms with E-state index in [9.17, 15) is 13.2 Å². The minimum absolute atomic E-state index is 0.0775. The summed E-state index contributed by atoms with van der Waals surface area (Å²) in [4.78, 5) is 12.7. The van der Waals surface area contributed by atoms with Crippen LogP contribution in [0.3, 0.4) is 0 Å². The Labute approximate surface area is 133 Å². The molecule has 1 aliphatic rings. The van der Waals surface area contributed by atoms with Gasteiger partial charge in [-0.05, 0) is 31.0 Å². The molecule has 116 valence electrons. The average Bonchev–Trinajstić information content (AvgIpc) is 3.00. The molecular formula is C15H14ClNO4S. The SMILES string of the molecule is CC1(c2oncc2C(=O)c2ccc(S(C)(=O)=O)cc2Cl)CC1. The molecule has 0 bridgehead atoms. The van der Waals surface area contributed by atoms with Gasteiger partial charge >= 0.3 is 0 Å². The van der Waals surface area contributed by atoms with Crippen LogP contribution in [0.2, 0.25) is 5.02 Å². The van der Waals surface area contributed by atoms with Crippen molar-refractivity contribution in [2.24, 2.45) is 0 Å². The van der Waals surface area contributed by atoms with E-state index in [1.165, 1.54) is 24.4 Å². The van der Waals surface area contributed by atoms with Crippen molar-refractivity contribution in [2.45, 2.75) is 30.1 Å². The number of nitrogens with zero attached hydrogens (tertiary/aromatic N) is 1.